The Morgan fingerprint density at radius 2 is 1.58 bits per heavy atom. The second-order valence-electron chi connectivity index (χ2n) is 9.54. The minimum atomic E-state index is -0.446. The fourth-order valence-corrected chi connectivity index (χ4v) is 5.06. The van der Waals surface area contributed by atoms with Crippen LogP contribution in [0, 0.1) is 12.7 Å². The van der Waals surface area contributed by atoms with Crippen molar-refractivity contribution in [3.05, 3.63) is 119 Å². The molecule has 1 aliphatic carbocycles. The van der Waals surface area contributed by atoms with Crippen LogP contribution < -0.4 is 4.90 Å². The molecule has 1 unspecified atom stereocenters. The highest BCUT2D eigenvalue weighted by molar-refractivity contribution is 6.03. The van der Waals surface area contributed by atoms with Crippen molar-refractivity contribution in [3.63, 3.8) is 0 Å². The van der Waals surface area contributed by atoms with Gasteiger partial charge in [-0.2, -0.15) is 0 Å². The maximum absolute atomic E-state index is 14.1. The summed E-state index contributed by atoms with van der Waals surface area (Å²) in [4.78, 5) is 31.1. The molecule has 5 nitrogen and oxygen atoms in total. The summed E-state index contributed by atoms with van der Waals surface area (Å²) in [6.45, 7) is 1.96. The molecule has 2 aliphatic rings. The van der Waals surface area contributed by atoms with E-state index in [9.17, 15) is 14.0 Å². The average molecular weight is 480 g/mol. The lowest BCUT2D eigenvalue weighted by Crippen LogP contribution is -2.47. The third kappa shape index (κ3) is 3.88. The van der Waals surface area contributed by atoms with Crippen LogP contribution in [-0.2, 0) is 4.79 Å². The van der Waals surface area contributed by atoms with Crippen LogP contribution in [0.1, 0.15) is 46.1 Å². The van der Waals surface area contributed by atoms with E-state index in [1.54, 1.807) is 21.9 Å². The lowest BCUT2D eigenvalue weighted by atomic mass is 9.97. The first-order chi connectivity index (χ1) is 17.5. The number of aromatic nitrogens is 1. The number of anilines is 1. The first kappa shape index (κ1) is 22.3. The summed E-state index contributed by atoms with van der Waals surface area (Å²) < 4.78 is 15.9. The number of rotatable bonds is 5. The molecule has 0 N–H and O–H groups in total. The molecular formula is C30H26FN3O2. The summed E-state index contributed by atoms with van der Waals surface area (Å²) >= 11 is 0. The highest BCUT2D eigenvalue weighted by Crippen LogP contribution is 2.42. The predicted molar refractivity (Wildman–Crippen MR) is 137 cm³/mol. The molecule has 0 radical (unpaired) electrons. The van der Waals surface area contributed by atoms with Gasteiger partial charge in [-0.25, -0.2) is 4.39 Å². The number of halogens is 1. The Balaban J connectivity index is 1.40. The van der Waals surface area contributed by atoms with E-state index in [1.807, 2.05) is 73.8 Å². The van der Waals surface area contributed by atoms with Crippen molar-refractivity contribution in [3.8, 4) is 5.69 Å². The molecule has 3 aromatic carbocycles. The summed E-state index contributed by atoms with van der Waals surface area (Å²) in [5, 5.41) is 0. The van der Waals surface area contributed by atoms with E-state index < -0.39 is 6.04 Å². The van der Waals surface area contributed by atoms with Crippen molar-refractivity contribution in [1.29, 1.82) is 0 Å². The van der Waals surface area contributed by atoms with Gasteiger partial charge in [0.25, 0.3) is 5.91 Å². The third-order valence-corrected chi connectivity index (χ3v) is 7.03. The van der Waals surface area contributed by atoms with Crippen LogP contribution in [0.25, 0.3) is 5.69 Å². The summed E-state index contributed by atoms with van der Waals surface area (Å²) in [6.07, 6.45) is 3.77. The molecule has 36 heavy (non-hydrogen) atoms. The fraction of sp³-hybridized carbons (Fsp3) is 0.200. The Morgan fingerprint density at radius 1 is 0.889 bits per heavy atom. The van der Waals surface area contributed by atoms with E-state index in [0.717, 1.165) is 41.0 Å². The van der Waals surface area contributed by atoms with Crippen LogP contribution in [0.5, 0.6) is 0 Å². The standard InChI is InChI=1S/C30H26FN3O2/c1-20-8-10-22(11-9-20)30(36)33(24-16-17-24)19-28(35)34-26-6-3-2-5-25(26)32-18-4-7-27(32)29(34)21-12-14-23(31)15-13-21/h2-15,18,24,29H,16-17,19H2,1H3. The predicted octanol–water partition coefficient (Wildman–Crippen LogP) is 5.67. The second kappa shape index (κ2) is 8.79. The van der Waals surface area contributed by atoms with Crippen molar-refractivity contribution < 1.29 is 14.0 Å². The van der Waals surface area contributed by atoms with Gasteiger partial charge in [0.2, 0.25) is 5.91 Å². The quantitative estimate of drug-likeness (QED) is 0.371. The molecule has 6 heteroatoms. The van der Waals surface area contributed by atoms with E-state index in [4.69, 9.17) is 0 Å². The van der Waals surface area contributed by atoms with E-state index in [-0.39, 0.29) is 30.2 Å². The molecular weight excluding hydrogens is 453 g/mol. The number of aryl methyl sites for hydroxylation is 1. The largest absolute Gasteiger partial charge is 0.326 e. The van der Waals surface area contributed by atoms with Crippen LogP contribution in [0.3, 0.4) is 0 Å². The monoisotopic (exact) mass is 479 g/mol. The van der Waals surface area contributed by atoms with E-state index >= 15 is 0 Å². The topological polar surface area (TPSA) is 45.6 Å². The molecule has 1 fully saturated rings. The SMILES string of the molecule is Cc1ccc(C(=O)N(CC(=O)N2c3ccccc3-n3cccc3C2c2ccc(F)cc2)C2CC2)cc1. The van der Waals surface area contributed by atoms with E-state index in [0.29, 0.717) is 5.56 Å². The molecule has 1 atom stereocenters. The number of nitrogens with zero attached hydrogens (tertiary/aromatic N) is 3. The lowest BCUT2D eigenvalue weighted by molar-refractivity contribution is -0.119. The lowest BCUT2D eigenvalue weighted by Gasteiger charge is -2.39. The summed E-state index contributed by atoms with van der Waals surface area (Å²) in [7, 11) is 0. The molecule has 180 valence electrons. The van der Waals surface area contributed by atoms with Crippen molar-refractivity contribution in [1.82, 2.24) is 9.47 Å². The van der Waals surface area contributed by atoms with E-state index in [2.05, 4.69) is 4.57 Å². The van der Waals surface area contributed by atoms with Gasteiger partial charge in [-0.3, -0.25) is 14.5 Å². The van der Waals surface area contributed by atoms with E-state index in [1.165, 1.54) is 12.1 Å². The van der Waals surface area contributed by atoms with Crippen molar-refractivity contribution in [2.75, 3.05) is 11.4 Å². The average Bonchev–Trinajstić information content (AvgIpc) is 3.62. The fourth-order valence-electron chi connectivity index (χ4n) is 5.06. The summed E-state index contributed by atoms with van der Waals surface area (Å²) in [6, 6.07) is 25.1. The number of hydrogen-bond donors (Lipinski definition) is 0. The van der Waals surface area contributed by atoms with Crippen LogP contribution in [0.2, 0.25) is 0 Å². The number of amides is 2. The van der Waals surface area contributed by atoms with Crippen LogP contribution in [-0.4, -0.2) is 33.9 Å². The van der Waals surface area contributed by atoms with Gasteiger partial charge < -0.3 is 9.47 Å². The zero-order valence-corrected chi connectivity index (χ0v) is 20.0. The third-order valence-electron chi connectivity index (χ3n) is 7.03. The Hall–Kier alpha value is -4.19. The van der Waals surface area contributed by atoms with Crippen molar-refractivity contribution >= 4 is 17.5 Å². The molecule has 2 amide bonds. The summed E-state index contributed by atoms with van der Waals surface area (Å²) in [5.74, 6) is -0.624. The number of fused-ring (bicyclic) bond motifs is 3. The zero-order valence-electron chi connectivity index (χ0n) is 20.0. The van der Waals surface area contributed by atoms with Crippen LogP contribution >= 0.6 is 0 Å². The van der Waals surface area contributed by atoms with Crippen LogP contribution in [0.15, 0.2) is 91.1 Å². The number of carbonyl (C=O) groups is 2. The highest BCUT2D eigenvalue weighted by atomic mass is 19.1. The van der Waals surface area contributed by atoms with Gasteiger partial charge in [0.1, 0.15) is 18.4 Å². The minimum absolute atomic E-state index is 0.0237. The molecule has 4 aromatic rings. The maximum Gasteiger partial charge on any atom is 0.254 e. The normalized spacial score (nSPS) is 16.3. The van der Waals surface area contributed by atoms with Gasteiger partial charge in [-0.15, -0.1) is 0 Å². The Morgan fingerprint density at radius 3 is 2.28 bits per heavy atom. The first-order valence-electron chi connectivity index (χ1n) is 12.2. The highest BCUT2D eigenvalue weighted by Gasteiger charge is 2.40. The maximum atomic E-state index is 14.1. The molecule has 1 saturated carbocycles. The Kier molecular flexibility index (Phi) is 5.44. The molecule has 0 spiro atoms. The second-order valence-corrected chi connectivity index (χ2v) is 9.54. The van der Waals surface area contributed by atoms with Gasteiger partial charge in [0.05, 0.1) is 17.1 Å². The molecule has 2 heterocycles. The molecule has 0 bridgehead atoms. The number of benzene rings is 3. The minimum Gasteiger partial charge on any atom is -0.326 e. The smallest absolute Gasteiger partial charge is 0.254 e. The molecule has 1 aromatic heterocycles. The van der Waals surface area contributed by atoms with Crippen molar-refractivity contribution in [2.45, 2.75) is 31.8 Å². The molecule has 0 saturated heterocycles. The molecule has 1 aliphatic heterocycles. The molecule has 6 rings (SSSR count). The van der Waals surface area contributed by atoms with Crippen LogP contribution in [0.4, 0.5) is 10.1 Å². The van der Waals surface area contributed by atoms with Gasteiger partial charge in [-0.05, 0) is 73.9 Å². The summed E-state index contributed by atoms with van der Waals surface area (Å²) in [5.41, 5.74) is 5.04. The zero-order chi connectivity index (χ0) is 24.8. The van der Waals surface area contributed by atoms with Gasteiger partial charge in [0, 0.05) is 17.8 Å². The Labute approximate surface area is 209 Å². The van der Waals surface area contributed by atoms with Gasteiger partial charge in [0.15, 0.2) is 0 Å². The van der Waals surface area contributed by atoms with Gasteiger partial charge >= 0.3 is 0 Å². The van der Waals surface area contributed by atoms with Crippen molar-refractivity contribution in [2.24, 2.45) is 0 Å². The number of para-hydroxylation sites is 2. The number of hydrogen-bond acceptors (Lipinski definition) is 2. The number of carbonyl (C=O) groups excluding carboxylic acids is 2. The first-order valence-corrected chi connectivity index (χ1v) is 12.2. The Bertz CT molecular complexity index is 1440. The van der Waals surface area contributed by atoms with Gasteiger partial charge in [-0.1, -0.05) is 42.0 Å².